The number of para-hydroxylation sites is 1. The van der Waals surface area contributed by atoms with Gasteiger partial charge in [-0.15, -0.1) is 10.2 Å². The van der Waals surface area contributed by atoms with Crippen LogP contribution in [0, 0.1) is 6.92 Å². The predicted molar refractivity (Wildman–Crippen MR) is 146 cm³/mol. The molecule has 0 fully saturated rings. The Bertz CT molecular complexity index is 1490. The van der Waals surface area contributed by atoms with Gasteiger partial charge in [-0.2, -0.15) is 0 Å². The van der Waals surface area contributed by atoms with E-state index in [0.717, 1.165) is 5.56 Å². The summed E-state index contributed by atoms with van der Waals surface area (Å²) < 4.78 is 46.7. The van der Waals surface area contributed by atoms with Gasteiger partial charge in [0, 0.05) is 18.6 Å². The number of aryl methyl sites for hydroxylation is 1. The SMILES string of the molecule is COc1cccc(OC)c1-n1c(CS(=O)(=O)[C@@H](C)[C@@H](OC(C)C)c2ncc(C)cn2)nnc1-c1ccccn1. The van der Waals surface area contributed by atoms with Crippen LogP contribution in [-0.4, -0.2) is 63.7 Å². The zero-order valence-corrected chi connectivity index (χ0v) is 23.6. The lowest BCUT2D eigenvalue weighted by atomic mass is 10.2. The summed E-state index contributed by atoms with van der Waals surface area (Å²) in [4.78, 5) is 13.1. The van der Waals surface area contributed by atoms with Crippen LogP contribution < -0.4 is 9.47 Å². The smallest absolute Gasteiger partial charge is 0.187 e. The van der Waals surface area contributed by atoms with Crippen LogP contribution >= 0.6 is 0 Å². The molecular formula is C27H32N6O5S. The Morgan fingerprint density at radius 2 is 1.56 bits per heavy atom. The number of hydrogen-bond donors (Lipinski definition) is 0. The number of benzene rings is 1. The second kappa shape index (κ2) is 11.9. The van der Waals surface area contributed by atoms with Crippen molar-refractivity contribution >= 4 is 9.84 Å². The van der Waals surface area contributed by atoms with Gasteiger partial charge >= 0.3 is 0 Å². The molecule has 0 bridgehead atoms. The molecule has 39 heavy (non-hydrogen) atoms. The summed E-state index contributed by atoms with van der Waals surface area (Å²) in [6.45, 7) is 7.13. The first-order valence-corrected chi connectivity index (χ1v) is 14.1. The number of aromatic nitrogens is 6. The number of ether oxygens (including phenoxy) is 3. The van der Waals surface area contributed by atoms with E-state index >= 15 is 0 Å². The Morgan fingerprint density at radius 1 is 0.897 bits per heavy atom. The molecule has 0 spiro atoms. The van der Waals surface area contributed by atoms with Crippen LogP contribution in [0.2, 0.25) is 0 Å². The van der Waals surface area contributed by atoms with Crippen molar-refractivity contribution in [3.05, 3.63) is 72.2 Å². The lowest BCUT2D eigenvalue weighted by molar-refractivity contribution is 0.00141. The van der Waals surface area contributed by atoms with E-state index in [1.807, 2.05) is 26.8 Å². The van der Waals surface area contributed by atoms with Crippen LogP contribution in [0.5, 0.6) is 11.5 Å². The van der Waals surface area contributed by atoms with Gasteiger partial charge in [-0.1, -0.05) is 12.1 Å². The topological polar surface area (TPSA) is 131 Å². The van der Waals surface area contributed by atoms with Crippen LogP contribution in [0.15, 0.2) is 55.0 Å². The van der Waals surface area contributed by atoms with Crippen LogP contribution in [0.4, 0.5) is 0 Å². The number of methoxy groups -OCH3 is 2. The maximum Gasteiger partial charge on any atom is 0.187 e. The van der Waals surface area contributed by atoms with E-state index in [4.69, 9.17) is 14.2 Å². The molecule has 11 nitrogen and oxygen atoms in total. The highest BCUT2D eigenvalue weighted by Gasteiger charge is 2.36. The fourth-order valence-corrected chi connectivity index (χ4v) is 5.45. The fraction of sp³-hybridized carbons (Fsp3) is 0.370. The average Bonchev–Trinajstić information content (AvgIpc) is 3.33. The molecule has 0 aliphatic carbocycles. The van der Waals surface area contributed by atoms with Gasteiger partial charge in [0.25, 0.3) is 0 Å². The van der Waals surface area contributed by atoms with Crippen molar-refractivity contribution in [1.82, 2.24) is 29.7 Å². The lowest BCUT2D eigenvalue weighted by Gasteiger charge is -2.25. The molecule has 1 aromatic carbocycles. The minimum atomic E-state index is -3.89. The molecule has 3 heterocycles. The van der Waals surface area contributed by atoms with Crippen LogP contribution in [0.3, 0.4) is 0 Å². The monoisotopic (exact) mass is 552 g/mol. The Balaban J connectivity index is 1.83. The number of nitrogens with zero attached hydrogens (tertiary/aromatic N) is 6. The Morgan fingerprint density at radius 3 is 2.13 bits per heavy atom. The van der Waals surface area contributed by atoms with E-state index in [2.05, 4.69) is 25.1 Å². The fourth-order valence-electron chi connectivity index (χ4n) is 4.08. The highest BCUT2D eigenvalue weighted by atomic mass is 32.2. The maximum atomic E-state index is 13.9. The van der Waals surface area contributed by atoms with E-state index < -0.39 is 26.9 Å². The summed E-state index contributed by atoms with van der Waals surface area (Å²) in [6.07, 6.45) is 3.77. The number of sulfone groups is 1. The third-order valence-corrected chi connectivity index (χ3v) is 8.09. The second-order valence-corrected chi connectivity index (χ2v) is 11.6. The molecule has 3 aromatic heterocycles. The summed E-state index contributed by atoms with van der Waals surface area (Å²) >= 11 is 0. The predicted octanol–water partition coefficient (Wildman–Crippen LogP) is 3.91. The summed E-state index contributed by atoms with van der Waals surface area (Å²) in [6, 6.07) is 10.6. The third kappa shape index (κ3) is 6.07. The zero-order chi connectivity index (χ0) is 28.2. The van der Waals surface area contributed by atoms with Gasteiger partial charge in [0.15, 0.2) is 27.3 Å². The Hall–Kier alpha value is -3.90. The van der Waals surface area contributed by atoms with Crippen molar-refractivity contribution < 1.29 is 22.6 Å². The zero-order valence-electron chi connectivity index (χ0n) is 22.8. The molecule has 0 aliphatic rings. The van der Waals surface area contributed by atoms with E-state index in [1.165, 1.54) is 14.2 Å². The van der Waals surface area contributed by atoms with Crippen molar-refractivity contribution in [1.29, 1.82) is 0 Å². The van der Waals surface area contributed by atoms with Crippen molar-refractivity contribution in [2.75, 3.05) is 14.2 Å². The molecule has 2 atom stereocenters. The number of rotatable bonds is 11. The molecule has 0 saturated heterocycles. The van der Waals surface area contributed by atoms with E-state index in [1.54, 1.807) is 60.4 Å². The molecule has 0 N–H and O–H groups in total. The third-order valence-electron chi connectivity index (χ3n) is 6.05. The van der Waals surface area contributed by atoms with Gasteiger partial charge < -0.3 is 14.2 Å². The average molecular weight is 553 g/mol. The minimum absolute atomic E-state index is 0.165. The maximum absolute atomic E-state index is 13.9. The number of pyridine rings is 1. The second-order valence-electron chi connectivity index (χ2n) is 9.24. The molecule has 4 aromatic rings. The quantitative estimate of drug-likeness (QED) is 0.270. The molecule has 12 heteroatoms. The van der Waals surface area contributed by atoms with Gasteiger partial charge in [-0.3, -0.25) is 9.55 Å². The van der Waals surface area contributed by atoms with Gasteiger partial charge in [0.1, 0.15) is 34.7 Å². The van der Waals surface area contributed by atoms with Crippen molar-refractivity contribution in [3.63, 3.8) is 0 Å². The molecule has 0 unspecified atom stereocenters. The van der Waals surface area contributed by atoms with Gasteiger partial charge in [0.05, 0.1) is 25.6 Å². The summed E-state index contributed by atoms with van der Waals surface area (Å²) in [5, 5.41) is 7.64. The van der Waals surface area contributed by atoms with Crippen molar-refractivity contribution in [2.45, 2.75) is 50.9 Å². The van der Waals surface area contributed by atoms with Gasteiger partial charge in [-0.05, 0) is 57.5 Å². The van der Waals surface area contributed by atoms with Gasteiger partial charge in [-0.25, -0.2) is 18.4 Å². The van der Waals surface area contributed by atoms with Crippen LogP contribution in [0.25, 0.3) is 17.2 Å². The largest absolute Gasteiger partial charge is 0.494 e. The van der Waals surface area contributed by atoms with Crippen molar-refractivity contribution in [2.24, 2.45) is 0 Å². The van der Waals surface area contributed by atoms with Gasteiger partial charge in [0.2, 0.25) is 0 Å². The molecular weight excluding hydrogens is 520 g/mol. The molecule has 0 aliphatic heterocycles. The minimum Gasteiger partial charge on any atom is -0.494 e. The molecule has 0 radical (unpaired) electrons. The van der Waals surface area contributed by atoms with Crippen molar-refractivity contribution in [3.8, 4) is 28.7 Å². The van der Waals surface area contributed by atoms with E-state index in [9.17, 15) is 8.42 Å². The molecule has 206 valence electrons. The summed E-state index contributed by atoms with van der Waals surface area (Å²) in [5.41, 5.74) is 1.82. The summed E-state index contributed by atoms with van der Waals surface area (Å²) in [7, 11) is -0.836. The highest BCUT2D eigenvalue weighted by Crippen LogP contribution is 2.37. The molecule has 4 rings (SSSR count). The summed E-state index contributed by atoms with van der Waals surface area (Å²) in [5.74, 6) is 1.26. The van der Waals surface area contributed by atoms with Crippen LogP contribution in [0.1, 0.15) is 44.1 Å². The van der Waals surface area contributed by atoms with E-state index in [0.29, 0.717) is 34.5 Å². The first-order valence-electron chi connectivity index (χ1n) is 12.4. The Kier molecular flexibility index (Phi) is 8.56. The standard InChI is InChI=1S/C27H32N6O5S/c1-17(2)38-25(26-29-14-18(3)15-30-26)19(4)39(34,35)16-23-31-32-27(20-10-7-8-13-28-20)33(23)24-21(36-5)11-9-12-22(24)37-6/h7-15,17,19,25H,16H2,1-6H3/t19-,25+/m0/s1. The molecule has 0 amide bonds. The molecule has 0 saturated carbocycles. The lowest BCUT2D eigenvalue weighted by Crippen LogP contribution is -2.32. The normalized spacial score (nSPS) is 13.3. The first kappa shape index (κ1) is 28.1. The highest BCUT2D eigenvalue weighted by molar-refractivity contribution is 7.91. The van der Waals surface area contributed by atoms with Crippen LogP contribution in [-0.2, 0) is 20.3 Å². The number of hydrogen-bond acceptors (Lipinski definition) is 10. The first-order chi connectivity index (χ1) is 18.7. The Labute approximate surface area is 228 Å². The van der Waals surface area contributed by atoms with E-state index in [-0.39, 0.29) is 11.9 Å².